The van der Waals surface area contributed by atoms with Crippen molar-refractivity contribution in [3.05, 3.63) is 23.5 Å². The number of nitrogens with zero attached hydrogens (tertiary/aromatic N) is 2. The van der Waals surface area contributed by atoms with Crippen LogP contribution in [0.15, 0.2) is 0 Å². The molecule has 8 heteroatoms. The van der Waals surface area contributed by atoms with Gasteiger partial charge in [0, 0.05) is 13.6 Å². The van der Waals surface area contributed by atoms with Crippen LogP contribution in [0.1, 0.15) is 13.8 Å². The zero-order chi connectivity index (χ0) is 14.7. The molecule has 0 bridgehead atoms. The molecule has 0 fully saturated rings. The highest BCUT2D eigenvalue weighted by molar-refractivity contribution is 5.84. The van der Waals surface area contributed by atoms with Gasteiger partial charge in [-0.25, -0.2) is 0 Å². The number of hydrogen-bond acceptors (Lipinski definition) is 3. The number of aromatic nitrogens is 1. The Morgan fingerprint density at radius 2 is 1.74 bits per heavy atom. The predicted octanol–water partition coefficient (Wildman–Crippen LogP) is 1.92. The Balaban J connectivity index is 3.03. The first kappa shape index (κ1) is 15.2. The standard InChI is InChI=1S/C11H13F4N3O/c1-4-18(3)11(19)5(2)16-8-6(12)9(14)17-10(15)7(8)13/h5H,4H2,1-3H3,(H,16,17). The molecule has 0 radical (unpaired) electrons. The van der Waals surface area contributed by atoms with E-state index < -0.39 is 41.2 Å². The first-order valence-electron chi connectivity index (χ1n) is 5.51. The van der Waals surface area contributed by atoms with Gasteiger partial charge in [-0.1, -0.05) is 0 Å². The smallest absolute Gasteiger partial charge is 0.253 e. The summed E-state index contributed by atoms with van der Waals surface area (Å²) in [5, 5.41) is 2.11. The number of pyridine rings is 1. The second-order valence-electron chi connectivity index (χ2n) is 3.91. The van der Waals surface area contributed by atoms with Crippen LogP contribution >= 0.6 is 0 Å². The minimum Gasteiger partial charge on any atom is -0.369 e. The molecule has 1 rings (SSSR count). The van der Waals surface area contributed by atoms with Crippen LogP contribution in [-0.2, 0) is 4.79 Å². The highest BCUT2D eigenvalue weighted by atomic mass is 19.2. The Bertz CT molecular complexity index is 469. The molecule has 4 nitrogen and oxygen atoms in total. The molecule has 19 heavy (non-hydrogen) atoms. The van der Waals surface area contributed by atoms with Crippen LogP contribution in [0.5, 0.6) is 0 Å². The van der Waals surface area contributed by atoms with Crippen LogP contribution in [0, 0.1) is 23.5 Å². The summed E-state index contributed by atoms with van der Waals surface area (Å²) in [6.07, 6.45) is 0. The van der Waals surface area contributed by atoms with Crippen molar-refractivity contribution >= 4 is 11.6 Å². The van der Waals surface area contributed by atoms with Crippen molar-refractivity contribution in [3.63, 3.8) is 0 Å². The summed E-state index contributed by atoms with van der Waals surface area (Å²) < 4.78 is 52.4. The van der Waals surface area contributed by atoms with E-state index in [-0.39, 0.29) is 0 Å². The molecular weight excluding hydrogens is 266 g/mol. The predicted molar refractivity (Wildman–Crippen MR) is 60.5 cm³/mol. The van der Waals surface area contributed by atoms with Crippen molar-refractivity contribution in [2.75, 3.05) is 18.9 Å². The monoisotopic (exact) mass is 279 g/mol. The SMILES string of the molecule is CCN(C)C(=O)C(C)Nc1c(F)c(F)nc(F)c1F. The van der Waals surface area contributed by atoms with Crippen molar-refractivity contribution in [3.8, 4) is 0 Å². The van der Waals surface area contributed by atoms with E-state index in [9.17, 15) is 22.4 Å². The van der Waals surface area contributed by atoms with Crippen molar-refractivity contribution in [2.24, 2.45) is 0 Å². The number of hydrogen-bond donors (Lipinski definition) is 1. The van der Waals surface area contributed by atoms with Gasteiger partial charge in [0.25, 0.3) is 11.9 Å². The minimum atomic E-state index is -1.77. The Kier molecular flexibility index (Phi) is 4.68. The van der Waals surface area contributed by atoms with E-state index in [1.807, 2.05) is 0 Å². The van der Waals surface area contributed by atoms with Gasteiger partial charge in [-0.2, -0.15) is 22.5 Å². The first-order chi connectivity index (χ1) is 8.79. The maximum atomic E-state index is 13.3. The van der Waals surface area contributed by atoms with E-state index in [4.69, 9.17) is 0 Å². The number of halogens is 4. The molecule has 1 aromatic rings. The van der Waals surface area contributed by atoms with Crippen LogP contribution in [0.2, 0.25) is 0 Å². The van der Waals surface area contributed by atoms with E-state index >= 15 is 0 Å². The highest BCUT2D eigenvalue weighted by Crippen LogP contribution is 2.22. The number of anilines is 1. The Morgan fingerprint density at radius 3 is 2.16 bits per heavy atom. The Labute approximate surface area is 107 Å². The van der Waals surface area contributed by atoms with E-state index in [1.165, 1.54) is 18.9 Å². The maximum absolute atomic E-state index is 13.3. The molecule has 0 aliphatic rings. The van der Waals surface area contributed by atoms with Gasteiger partial charge < -0.3 is 10.2 Å². The second kappa shape index (κ2) is 5.85. The third-order valence-electron chi connectivity index (χ3n) is 2.58. The average Bonchev–Trinajstić information content (AvgIpc) is 2.39. The molecule has 1 amide bonds. The molecule has 106 valence electrons. The van der Waals surface area contributed by atoms with Gasteiger partial charge >= 0.3 is 0 Å². The third kappa shape index (κ3) is 3.12. The zero-order valence-corrected chi connectivity index (χ0v) is 10.6. The highest BCUT2D eigenvalue weighted by Gasteiger charge is 2.24. The van der Waals surface area contributed by atoms with E-state index in [1.54, 1.807) is 6.92 Å². The summed E-state index contributed by atoms with van der Waals surface area (Å²) in [7, 11) is 1.49. The molecule has 0 aliphatic carbocycles. The Morgan fingerprint density at radius 1 is 1.26 bits per heavy atom. The van der Waals surface area contributed by atoms with Gasteiger partial charge in [-0.3, -0.25) is 4.79 Å². The zero-order valence-electron chi connectivity index (χ0n) is 10.6. The molecule has 1 heterocycles. The average molecular weight is 279 g/mol. The molecule has 0 spiro atoms. The number of nitrogens with one attached hydrogen (secondary N) is 1. The third-order valence-corrected chi connectivity index (χ3v) is 2.58. The fraction of sp³-hybridized carbons (Fsp3) is 0.455. The quantitative estimate of drug-likeness (QED) is 0.676. The summed E-state index contributed by atoms with van der Waals surface area (Å²) in [5.74, 6) is -7.36. The first-order valence-corrected chi connectivity index (χ1v) is 5.51. The van der Waals surface area contributed by atoms with Crippen LogP contribution < -0.4 is 5.32 Å². The van der Waals surface area contributed by atoms with Gasteiger partial charge in [0.1, 0.15) is 11.7 Å². The molecule has 0 aliphatic heterocycles. The Hall–Kier alpha value is -1.86. The molecule has 1 unspecified atom stereocenters. The summed E-state index contributed by atoms with van der Waals surface area (Å²) in [6, 6.07) is -1.05. The van der Waals surface area contributed by atoms with Gasteiger partial charge in [0.2, 0.25) is 17.5 Å². The summed E-state index contributed by atoms with van der Waals surface area (Å²) in [6.45, 7) is 3.41. The summed E-state index contributed by atoms with van der Waals surface area (Å²) >= 11 is 0. The summed E-state index contributed by atoms with van der Waals surface area (Å²) in [4.78, 5) is 15.4. The number of amides is 1. The topological polar surface area (TPSA) is 45.2 Å². The van der Waals surface area contributed by atoms with Crippen molar-refractivity contribution in [1.82, 2.24) is 9.88 Å². The maximum Gasteiger partial charge on any atom is 0.253 e. The van der Waals surface area contributed by atoms with E-state index in [0.29, 0.717) is 6.54 Å². The lowest BCUT2D eigenvalue weighted by atomic mass is 10.2. The van der Waals surface area contributed by atoms with Gasteiger partial charge in [-0.05, 0) is 13.8 Å². The van der Waals surface area contributed by atoms with Crippen molar-refractivity contribution < 1.29 is 22.4 Å². The molecule has 0 saturated heterocycles. The van der Waals surface area contributed by atoms with Crippen LogP contribution in [0.3, 0.4) is 0 Å². The fourth-order valence-electron chi connectivity index (χ4n) is 1.38. The van der Waals surface area contributed by atoms with E-state index in [2.05, 4.69) is 10.3 Å². The van der Waals surface area contributed by atoms with E-state index in [0.717, 1.165) is 0 Å². The molecule has 0 aromatic carbocycles. The molecule has 1 N–H and O–H groups in total. The van der Waals surface area contributed by atoms with Crippen molar-refractivity contribution in [1.29, 1.82) is 0 Å². The molecule has 1 atom stereocenters. The van der Waals surface area contributed by atoms with Crippen molar-refractivity contribution in [2.45, 2.75) is 19.9 Å². The van der Waals surface area contributed by atoms with Crippen LogP contribution in [0.4, 0.5) is 23.2 Å². The number of likely N-dealkylation sites (N-methyl/N-ethyl adjacent to an activating group) is 1. The van der Waals surface area contributed by atoms with Gasteiger partial charge in [0.15, 0.2) is 0 Å². The lowest BCUT2D eigenvalue weighted by Gasteiger charge is -2.21. The molecular formula is C11H13F4N3O. The number of carbonyl (C=O) groups is 1. The number of rotatable bonds is 4. The minimum absolute atomic E-state index is 0.384. The van der Waals surface area contributed by atoms with Crippen LogP contribution in [-0.4, -0.2) is 35.4 Å². The normalized spacial score (nSPS) is 12.2. The van der Waals surface area contributed by atoms with Crippen LogP contribution in [0.25, 0.3) is 0 Å². The number of carbonyl (C=O) groups excluding carboxylic acids is 1. The second-order valence-corrected chi connectivity index (χ2v) is 3.91. The largest absolute Gasteiger partial charge is 0.369 e. The van der Waals surface area contributed by atoms with Gasteiger partial charge in [0.05, 0.1) is 0 Å². The lowest BCUT2D eigenvalue weighted by molar-refractivity contribution is -0.130. The van der Waals surface area contributed by atoms with Gasteiger partial charge in [-0.15, -0.1) is 0 Å². The molecule has 1 aromatic heterocycles. The molecule has 0 saturated carbocycles. The lowest BCUT2D eigenvalue weighted by Crippen LogP contribution is -2.39. The fourth-order valence-corrected chi connectivity index (χ4v) is 1.38. The summed E-state index contributed by atoms with van der Waals surface area (Å²) in [5.41, 5.74) is -1.05.